The summed E-state index contributed by atoms with van der Waals surface area (Å²) in [4.78, 5) is 12.1. The van der Waals surface area contributed by atoms with Gasteiger partial charge in [0.25, 0.3) is 0 Å². The van der Waals surface area contributed by atoms with E-state index >= 15 is 0 Å². The number of thiophene rings is 1. The van der Waals surface area contributed by atoms with Crippen LogP contribution in [0.2, 0.25) is 0 Å². The number of carbonyl (C=O) groups is 1. The minimum absolute atomic E-state index is 0.172. The Kier molecular flexibility index (Phi) is 3.41. The number of carbonyl (C=O) groups excluding carboxylic acids is 1. The summed E-state index contributed by atoms with van der Waals surface area (Å²) in [5.41, 5.74) is 1.12. The molecule has 1 unspecified atom stereocenters. The van der Waals surface area contributed by atoms with Crippen LogP contribution in [0, 0.1) is 0 Å². The van der Waals surface area contributed by atoms with Gasteiger partial charge in [0, 0.05) is 24.2 Å². The normalized spacial score (nSPS) is 20.1. The first-order chi connectivity index (χ1) is 8.84. The first-order valence-corrected chi connectivity index (χ1v) is 7.03. The Bertz CT molecular complexity index is 558. The van der Waals surface area contributed by atoms with Crippen molar-refractivity contribution in [3.05, 3.63) is 35.2 Å². The van der Waals surface area contributed by atoms with Crippen molar-refractivity contribution >= 4 is 27.2 Å². The summed E-state index contributed by atoms with van der Waals surface area (Å²) >= 11 is 1.69. The van der Waals surface area contributed by atoms with Crippen LogP contribution in [0.4, 0.5) is 0 Å². The third-order valence-electron chi connectivity index (χ3n) is 3.21. The van der Waals surface area contributed by atoms with Crippen molar-refractivity contribution in [3.8, 4) is 0 Å². The molecule has 1 aromatic heterocycles. The Morgan fingerprint density at radius 3 is 3.17 bits per heavy atom. The van der Waals surface area contributed by atoms with Crippen LogP contribution in [0.5, 0.6) is 0 Å². The highest BCUT2D eigenvalue weighted by Crippen LogP contribution is 2.26. The fourth-order valence-electron chi connectivity index (χ4n) is 2.24. The van der Waals surface area contributed by atoms with Crippen LogP contribution < -0.4 is 5.32 Å². The smallest absolute Gasteiger partial charge is 0.167 e. The lowest BCUT2D eigenvalue weighted by molar-refractivity contribution is -0.131. The number of ketones is 1. The van der Waals surface area contributed by atoms with Gasteiger partial charge in [-0.05, 0) is 22.4 Å². The van der Waals surface area contributed by atoms with E-state index in [0.717, 1.165) is 12.1 Å². The molecule has 3 nitrogen and oxygen atoms in total. The van der Waals surface area contributed by atoms with Crippen molar-refractivity contribution < 1.29 is 9.53 Å². The van der Waals surface area contributed by atoms with Crippen LogP contribution in [0.1, 0.15) is 5.56 Å². The number of hydrogen-bond acceptors (Lipinski definition) is 4. The van der Waals surface area contributed by atoms with E-state index in [1.165, 1.54) is 10.1 Å². The van der Waals surface area contributed by atoms with Gasteiger partial charge in [-0.2, -0.15) is 0 Å². The number of nitrogens with one attached hydrogen (secondary N) is 1. The van der Waals surface area contributed by atoms with Crippen molar-refractivity contribution in [2.45, 2.75) is 12.5 Å². The fourth-order valence-corrected chi connectivity index (χ4v) is 3.21. The SMILES string of the molecule is O=C(Cc1csc2ccccc12)C1CNCCO1. The van der Waals surface area contributed by atoms with Crippen LogP contribution in [-0.4, -0.2) is 31.6 Å². The molecule has 3 rings (SSSR count). The summed E-state index contributed by atoms with van der Waals surface area (Å²) in [6, 6.07) is 8.21. The Labute approximate surface area is 110 Å². The molecular weight excluding hydrogens is 246 g/mol. The molecule has 0 radical (unpaired) electrons. The summed E-state index contributed by atoms with van der Waals surface area (Å²) in [7, 11) is 0. The Hall–Kier alpha value is -1.23. The lowest BCUT2D eigenvalue weighted by Gasteiger charge is -2.22. The van der Waals surface area contributed by atoms with E-state index in [2.05, 4.69) is 22.8 Å². The van der Waals surface area contributed by atoms with Crippen molar-refractivity contribution in [3.63, 3.8) is 0 Å². The predicted octanol–water partition coefficient (Wildman–Crippen LogP) is 2.00. The highest BCUT2D eigenvalue weighted by Gasteiger charge is 2.22. The lowest BCUT2D eigenvalue weighted by Crippen LogP contribution is -2.43. The molecule has 0 bridgehead atoms. The topological polar surface area (TPSA) is 38.3 Å². The summed E-state index contributed by atoms with van der Waals surface area (Å²) in [6.45, 7) is 2.10. The second kappa shape index (κ2) is 5.18. The Balaban J connectivity index is 1.77. The number of Topliss-reactive ketones (excluding diaryl/α,β-unsaturated/α-hetero) is 1. The Morgan fingerprint density at radius 1 is 1.44 bits per heavy atom. The molecule has 1 aliphatic heterocycles. The standard InChI is InChI=1S/C14H15NO2S/c16-12(13-8-15-5-6-17-13)7-10-9-18-14-4-2-1-3-11(10)14/h1-4,9,13,15H,5-8H2. The molecule has 0 saturated carbocycles. The van der Waals surface area contributed by atoms with Gasteiger partial charge in [-0.15, -0.1) is 11.3 Å². The summed E-state index contributed by atoms with van der Waals surface area (Å²) in [6.07, 6.45) is 0.188. The van der Waals surface area contributed by atoms with E-state index in [4.69, 9.17) is 4.74 Å². The van der Waals surface area contributed by atoms with Crippen molar-refractivity contribution in [2.75, 3.05) is 19.7 Å². The molecule has 0 amide bonds. The first kappa shape index (κ1) is 11.8. The van der Waals surface area contributed by atoms with Crippen LogP contribution in [0.25, 0.3) is 10.1 Å². The zero-order valence-corrected chi connectivity index (χ0v) is 10.8. The molecule has 94 valence electrons. The largest absolute Gasteiger partial charge is 0.368 e. The molecule has 18 heavy (non-hydrogen) atoms. The average Bonchev–Trinajstić information content (AvgIpc) is 2.83. The van der Waals surface area contributed by atoms with E-state index in [0.29, 0.717) is 19.6 Å². The predicted molar refractivity (Wildman–Crippen MR) is 73.1 cm³/mol. The highest BCUT2D eigenvalue weighted by molar-refractivity contribution is 7.17. The zero-order chi connectivity index (χ0) is 12.4. The molecular formula is C14H15NO2S. The summed E-state index contributed by atoms with van der Waals surface area (Å²) in [5.74, 6) is 0.172. The van der Waals surface area contributed by atoms with Gasteiger partial charge in [0.05, 0.1) is 6.61 Å². The molecule has 1 N–H and O–H groups in total. The molecule has 1 fully saturated rings. The highest BCUT2D eigenvalue weighted by atomic mass is 32.1. The first-order valence-electron chi connectivity index (χ1n) is 6.15. The van der Waals surface area contributed by atoms with Gasteiger partial charge in [-0.3, -0.25) is 4.79 Å². The number of hydrogen-bond donors (Lipinski definition) is 1. The summed E-state index contributed by atoms with van der Waals surface area (Å²) < 4.78 is 6.73. The van der Waals surface area contributed by atoms with Gasteiger partial charge >= 0.3 is 0 Å². The van der Waals surface area contributed by atoms with Crippen LogP contribution in [0.15, 0.2) is 29.6 Å². The van der Waals surface area contributed by atoms with Gasteiger partial charge < -0.3 is 10.1 Å². The van der Waals surface area contributed by atoms with Crippen molar-refractivity contribution in [2.24, 2.45) is 0 Å². The molecule has 0 spiro atoms. The maximum atomic E-state index is 12.1. The van der Waals surface area contributed by atoms with Crippen LogP contribution in [0.3, 0.4) is 0 Å². The van der Waals surface area contributed by atoms with E-state index in [9.17, 15) is 4.79 Å². The Morgan fingerprint density at radius 2 is 2.33 bits per heavy atom. The number of ether oxygens (including phenoxy) is 1. The lowest BCUT2D eigenvalue weighted by atomic mass is 10.0. The molecule has 2 heterocycles. The quantitative estimate of drug-likeness (QED) is 0.918. The summed E-state index contributed by atoms with van der Waals surface area (Å²) in [5, 5.41) is 6.47. The number of morpholine rings is 1. The average molecular weight is 261 g/mol. The third kappa shape index (κ3) is 2.32. The van der Waals surface area contributed by atoms with Crippen molar-refractivity contribution in [1.82, 2.24) is 5.32 Å². The fraction of sp³-hybridized carbons (Fsp3) is 0.357. The van der Waals surface area contributed by atoms with Crippen LogP contribution >= 0.6 is 11.3 Å². The minimum atomic E-state index is -0.280. The van der Waals surface area contributed by atoms with Gasteiger partial charge in [-0.1, -0.05) is 18.2 Å². The molecule has 1 aliphatic rings. The second-order valence-corrected chi connectivity index (χ2v) is 5.37. The third-order valence-corrected chi connectivity index (χ3v) is 4.22. The van der Waals surface area contributed by atoms with Crippen molar-refractivity contribution in [1.29, 1.82) is 0 Å². The molecule has 4 heteroatoms. The molecule has 1 saturated heterocycles. The van der Waals surface area contributed by atoms with Crippen LogP contribution in [-0.2, 0) is 16.0 Å². The molecule has 0 aliphatic carbocycles. The molecule has 2 aromatic rings. The molecule has 1 atom stereocenters. The second-order valence-electron chi connectivity index (χ2n) is 4.46. The van der Waals surface area contributed by atoms with Gasteiger partial charge in [0.15, 0.2) is 5.78 Å². The van der Waals surface area contributed by atoms with E-state index < -0.39 is 0 Å². The van der Waals surface area contributed by atoms with Gasteiger partial charge in [0.2, 0.25) is 0 Å². The molecule has 1 aromatic carbocycles. The van der Waals surface area contributed by atoms with E-state index in [-0.39, 0.29) is 11.9 Å². The maximum absolute atomic E-state index is 12.1. The van der Waals surface area contributed by atoms with Gasteiger partial charge in [0.1, 0.15) is 6.10 Å². The minimum Gasteiger partial charge on any atom is -0.368 e. The number of fused-ring (bicyclic) bond motifs is 1. The maximum Gasteiger partial charge on any atom is 0.167 e. The number of benzene rings is 1. The zero-order valence-electron chi connectivity index (χ0n) is 10.0. The van der Waals surface area contributed by atoms with Gasteiger partial charge in [-0.25, -0.2) is 0 Å². The van der Waals surface area contributed by atoms with E-state index in [1.807, 2.05) is 12.1 Å². The number of rotatable bonds is 3. The van der Waals surface area contributed by atoms with E-state index in [1.54, 1.807) is 11.3 Å². The monoisotopic (exact) mass is 261 g/mol.